The molecule has 0 aliphatic rings. The molecular formula is C14H12FN3O3. The normalized spacial score (nSPS) is 10.8. The molecule has 2 N–H and O–H groups in total. The molecule has 0 unspecified atom stereocenters. The molecule has 108 valence electrons. The number of anilines is 1. The molecule has 0 spiro atoms. The quantitative estimate of drug-likeness (QED) is 0.842. The van der Waals surface area contributed by atoms with Gasteiger partial charge in [0.05, 0.1) is 11.8 Å². The lowest BCUT2D eigenvalue weighted by Gasteiger charge is -2.05. The van der Waals surface area contributed by atoms with Gasteiger partial charge in [0.25, 0.3) is 5.91 Å². The molecule has 2 aromatic rings. The van der Waals surface area contributed by atoms with Crippen LogP contribution in [-0.4, -0.2) is 26.8 Å². The number of nitrogens with one attached hydrogen (secondary N) is 1. The van der Waals surface area contributed by atoms with Crippen LogP contribution in [0.3, 0.4) is 0 Å². The summed E-state index contributed by atoms with van der Waals surface area (Å²) in [5.74, 6) is -2.14. The first-order valence-corrected chi connectivity index (χ1v) is 5.96. The fourth-order valence-corrected chi connectivity index (χ4v) is 1.65. The van der Waals surface area contributed by atoms with Gasteiger partial charge in [-0.1, -0.05) is 0 Å². The Morgan fingerprint density at radius 1 is 1.43 bits per heavy atom. The Morgan fingerprint density at radius 3 is 2.81 bits per heavy atom. The predicted molar refractivity (Wildman–Crippen MR) is 74.2 cm³/mol. The van der Waals surface area contributed by atoms with Crippen molar-refractivity contribution in [2.75, 3.05) is 5.32 Å². The van der Waals surface area contributed by atoms with Crippen LogP contribution in [0.2, 0.25) is 0 Å². The number of carboxylic acid groups (broad SMARTS) is 1. The summed E-state index contributed by atoms with van der Waals surface area (Å²) in [7, 11) is 1.68. The molecule has 0 saturated carbocycles. The molecule has 6 nitrogen and oxygen atoms in total. The zero-order valence-corrected chi connectivity index (χ0v) is 11.1. The molecule has 0 aliphatic heterocycles. The standard InChI is InChI=1S/C14H12FN3O3/c1-18-8-10(7-16-18)14(21)17-11-3-4-12(15)9(6-11)2-5-13(19)20/h2-8H,1H3,(H,17,21)(H,19,20)/b5-2+. The third-order valence-corrected chi connectivity index (χ3v) is 2.63. The van der Waals surface area contributed by atoms with Crippen molar-refractivity contribution in [3.05, 3.63) is 53.6 Å². The minimum absolute atomic E-state index is 0.0707. The fourth-order valence-electron chi connectivity index (χ4n) is 1.65. The van der Waals surface area contributed by atoms with Crippen molar-refractivity contribution in [1.82, 2.24) is 9.78 Å². The second-order valence-corrected chi connectivity index (χ2v) is 4.26. The Balaban J connectivity index is 2.19. The number of aliphatic carboxylic acids is 1. The van der Waals surface area contributed by atoms with E-state index in [0.717, 1.165) is 18.2 Å². The van der Waals surface area contributed by atoms with Crippen molar-refractivity contribution in [2.24, 2.45) is 7.05 Å². The number of nitrogens with zero attached hydrogens (tertiary/aromatic N) is 2. The molecule has 1 amide bonds. The zero-order valence-electron chi connectivity index (χ0n) is 11.1. The average molecular weight is 289 g/mol. The Morgan fingerprint density at radius 2 is 2.19 bits per heavy atom. The number of aromatic nitrogens is 2. The van der Waals surface area contributed by atoms with Gasteiger partial charge in [-0.3, -0.25) is 9.48 Å². The number of hydrogen-bond donors (Lipinski definition) is 2. The van der Waals surface area contributed by atoms with E-state index in [4.69, 9.17) is 5.11 Å². The first kappa shape index (κ1) is 14.4. The highest BCUT2D eigenvalue weighted by Crippen LogP contribution is 2.17. The van der Waals surface area contributed by atoms with Crippen LogP contribution >= 0.6 is 0 Å². The van der Waals surface area contributed by atoms with Gasteiger partial charge in [0.1, 0.15) is 5.82 Å². The molecular weight excluding hydrogens is 277 g/mol. The number of aryl methyl sites for hydroxylation is 1. The van der Waals surface area contributed by atoms with Crippen molar-refractivity contribution in [1.29, 1.82) is 0 Å². The van der Waals surface area contributed by atoms with Crippen LogP contribution in [0.1, 0.15) is 15.9 Å². The average Bonchev–Trinajstić information content (AvgIpc) is 2.86. The van der Waals surface area contributed by atoms with Gasteiger partial charge in [-0.2, -0.15) is 5.10 Å². The highest BCUT2D eigenvalue weighted by atomic mass is 19.1. The summed E-state index contributed by atoms with van der Waals surface area (Å²) < 4.78 is 15.0. The highest BCUT2D eigenvalue weighted by Gasteiger charge is 2.09. The molecule has 2 rings (SSSR count). The summed E-state index contributed by atoms with van der Waals surface area (Å²) in [6.07, 6.45) is 4.90. The van der Waals surface area contributed by atoms with Crippen LogP contribution in [0.15, 0.2) is 36.7 Å². The second kappa shape index (κ2) is 6.00. The molecule has 0 aliphatic carbocycles. The lowest BCUT2D eigenvalue weighted by molar-refractivity contribution is -0.131. The molecule has 1 aromatic heterocycles. The van der Waals surface area contributed by atoms with Crippen LogP contribution in [0.5, 0.6) is 0 Å². The van der Waals surface area contributed by atoms with Gasteiger partial charge in [0, 0.05) is 30.6 Å². The molecule has 21 heavy (non-hydrogen) atoms. The maximum absolute atomic E-state index is 13.5. The minimum Gasteiger partial charge on any atom is -0.478 e. The van der Waals surface area contributed by atoms with Gasteiger partial charge in [-0.15, -0.1) is 0 Å². The van der Waals surface area contributed by atoms with Crippen molar-refractivity contribution >= 4 is 23.6 Å². The third-order valence-electron chi connectivity index (χ3n) is 2.63. The molecule has 7 heteroatoms. The van der Waals surface area contributed by atoms with Crippen molar-refractivity contribution in [3.63, 3.8) is 0 Å². The summed E-state index contributed by atoms with van der Waals surface area (Å²) in [5, 5.41) is 15.0. The third kappa shape index (κ3) is 3.75. The number of halogens is 1. The smallest absolute Gasteiger partial charge is 0.328 e. The maximum atomic E-state index is 13.5. The van der Waals surface area contributed by atoms with E-state index in [1.807, 2.05) is 0 Å². The Hall–Kier alpha value is -2.96. The SMILES string of the molecule is Cn1cc(C(=O)Nc2ccc(F)c(/C=C/C(=O)O)c2)cn1. The van der Waals surface area contributed by atoms with E-state index in [1.165, 1.54) is 23.0 Å². The van der Waals surface area contributed by atoms with Crippen molar-refractivity contribution in [3.8, 4) is 0 Å². The van der Waals surface area contributed by atoms with Gasteiger partial charge in [0.15, 0.2) is 0 Å². The highest BCUT2D eigenvalue weighted by molar-refractivity contribution is 6.04. The van der Waals surface area contributed by atoms with Crippen LogP contribution in [0, 0.1) is 5.82 Å². The summed E-state index contributed by atoms with van der Waals surface area (Å²) in [6, 6.07) is 3.89. The number of hydrogen-bond acceptors (Lipinski definition) is 3. The molecule has 0 atom stereocenters. The molecule has 0 bridgehead atoms. The van der Waals surface area contributed by atoms with Crippen LogP contribution in [-0.2, 0) is 11.8 Å². The molecule has 0 radical (unpaired) electrons. The van der Waals surface area contributed by atoms with E-state index in [2.05, 4.69) is 10.4 Å². The lowest BCUT2D eigenvalue weighted by atomic mass is 10.1. The van der Waals surface area contributed by atoms with Crippen molar-refractivity contribution in [2.45, 2.75) is 0 Å². The van der Waals surface area contributed by atoms with E-state index in [1.54, 1.807) is 13.2 Å². The van der Waals surface area contributed by atoms with Crippen LogP contribution < -0.4 is 5.32 Å². The number of carboxylic acids is 1. The molecule has 1 aromatic carbocycles. The van der Waals surface area contributed by atoms with Gasteiger partial charge in [-0.05, 0) is 24.3 Å². The van der Waals surface area contributed by atoms with E-state index < -0.39 is 11.8 Å². The topological polar surface area (TPSA) is 84.2 Å². The Labute approximate surface area is 119 Å². The minimum atomic E-state index is -1.18. The fraction of sp³-hybridized carbons (Fsp3) is 0.0714. The van der Waals surface area contributed by atoms with E-state index >= 15 is 0 Å². The van der Waals surface area contributed by atoms with Gasteiger partial charge >= 0.3 is 5.97 Å². The maximum Gasteiger partial charge on any atom is 0.328 e. The first-order chi connectivity index (χ1) is 9.95. The number of carbonyl (C=O) groups excluding carboxylic acids is 1. The number of rotatable bonds is 4. The second-order valence-electron chi connectivity index (χ2n) is 4.26. The van der Waals surface area contributed by atoms with E-state index in [-0.39, 0.29) is 11.5 Å². The number of benzene rings is 1. The zero-order chi connectivity index (χ0) is 15.4. The van der Waals surface area contributed by atoms with E-state index in [9.17, 15) is 14.0 Å². The first-order valence-electron chi connectivity index (χ1n) is 5.96. The van der Waals surface area contributed by atoms with Gasteiger partial charge in [-0.25, -0.2) is 9.18 Å². The predicted octanol–water partition coefficient (Wildman–Crippen LogP) is 1.91. The van der Waals surface area contributed by atoms with Crippen molar-refractivity contribution < 1.29 is 19.1 Å². The summed E-state index contributed by atoms with van der Waals surface area (Å²) in [6.45, 7) is 0. The van der Waals surface area contributed by atoms with E-state index in [0.29, 0.717) is 11.3 Å². The van der Waals surface area contributed by atoms with Gasteiger partial charge in [0.2, 0.25) is 0 Å². The van der Waals surface area contributed by atoms with Crippen LogP contribution in [0.25, 0.3) is 6.08 Å². The number of amides is 1. The Bertz CT molecular complexity index is 722. The summed E-state index contributed by atoms with van der Waals surface area (Å²) in [5.41, 5.74) is 0.793. The molecule has 0 fully saturated rings. The molecule has 1 heterocycles. The largest absolute Gasteiger partial charge is 0.478 e. The summed E-state index contributed by atoms with van der Waals surface area (Å²) in [4.78, 5) is 22.4. The summed E-state index contributed by atoms with van der Waals surface area (Å²) >= 11 is 0. The van der Waals surface area contributed by atoms with Crippen LogP contribution in [0.4, 0.5) is 10.1 Å². The Kier molecular flexibility index (Phi) is 4.13. The lowest BCUT2D eigenvalue weighted by Crippen LogP contribution is -2.11. The molecule has 0 saturated heterocycles. The monoisotopic (exact) mass is 289 g/mol. The van der Waals surface area contributed by atoms with Gasteiger partial charge < -0.3 is 10.4 Å². The number of carbonyl (C=O) groups is 2.